The molecule has 0 aliphatic heterocycles. The summed E-state index contributed by atoms with van der Waals surface area (Å²) in [4.78, 5) is 0. The minimum Gasteiger partial charge on any atom is -0.489 e. The van der Waals surface area contributed by atoms with Crippen LogP contribution in [0.5, 0.6) is 5.75 Å². The van der Waals surface area contributed by atoms with Crippen LogP contribution in [0.25, 0.3) is 0 Å². The molecule has 26 heavy (non-hydrogen) atoms. The smallest absolute Gasteiger partial charge is 0.124 e. The van der Waals surface area contributed by atoms with Gasteiger partial charge in [-0.25, -0.2) is 4.39 Å². The molecule has 0 amide bonds. The van der Waals surface area contributed by atoms with Gasteiger partial charge in [-0.05, 0) is 60.5 Å². The van der Waals surface area contributed by atoms with E-state index in [4.69, 9.17) is 16.3 Å². The molecule has 5 heteroatoms. The second kappa shape index (κ2) is 8.56. The maximum Gasteiger partial charge on any atom is 0.124 e. The topological polar surface area (TPSA) is 21.3 Å². The first-order chi connectivity index (χ1) is 12.5. The summed E-state index contributed by atoms with van der Waals surface area (Å²) in [7, 11) is 0. The molecular weight excluding hydrogens is 417 g/mol. The Balaban J connectivity index is 1.70. The molecule has 0 bridgehead atoms. The second-order valence-electron chi connectivity index (χ2n) is 5.98. The van der Waals surface area contributed by atoms with Crippen LogP contribution in [0, 0.1) is 12.7 Å². The van der Waals surface area contributed by atoms with Gasteiger partial charge in [0.1, 0.15) is 18.2 Å². The van der Waals surface area contributed by atoms with Gasteiger partial charge in [-0.2, -0.15) is 0 Å². The van der Waals surface area contributed by atoms with Gasteiger partial charge in [0.25, 0.3) is 0 Å². The van der Waals surface area contributed by atoms with E-state index in [1.807, 2.05) is 43.3 Å². The molecule has 2 nitrogen and oxygen atoms in total. The molecule has 0 saturated carbocycles. The molecule has 1 N–H and O–H groups in total. The molecule has 0 aliphatic carbocycles. The van der Waals surface area contributed by atoms with Crippen molar-refractivity contribution in [3.05, 3.63) is 92.7 Å². The van der Waals surface area contributed by atoms with Crippen LogP contribution >= 0.6 is 27.5 Å². The molecule has 0 aliphatic rings. The Morgan fingerprint density at radius 2 is 1.81 bits per heavy atom. The summed E-state index contributed by atoms with van der Waals surface area (Å²) in [5, 5.41) is 4.10. The molecule has 0 aromatic heterocycles. The summed E-state index contributed by atoms with van der Waals surface area (Å²) in [6.45, 7) is 2.95. The molecule has 3 aromatic carbocycles. The minimum atomic E-state index is -0.251. The Bertz CT molecular complexity index is 899. The van der Waals surface area contributed by atoms with E-state index in [9.17, 15) is 4.39 Å². The van der Waals surface area contributed by atoms with Crippen molar-refractivity contribution in [1.82, 2.24) is 0 Å². The predicted molar refractivity (Wildman–Crippen MR) is 108 cm³/mol. The molecule has 0 radical (unpaired) electrons. The predicted octanol–water partition coefficient (Wildman–Crippen LogP) is 6.74. The number of halogens is 3. The van der Waals surface area contributed by atoms with Crippen molar-refractivity contribution >= 4 is 33.2 Å². The SMILES string of the molecule is Cc1ccc(NCc2cc(Br)ccc2OCc2ccc(F)cc2)cc1Cl. The van der Waals surface area contributed by atoms with Crippen LogP contribution in [0.1, 0.15) is 16.7 Å². The largest absolute Gasteiger partial charge is 0.489 e. The number of benzene rings is 3. The molecule has 0 unspecified atom stereocenters. The maximum atomic E-state index is 13.0. The van der Waals surface area contributed by atoms with Gasteiger partial charge < -0.3 is 10.1 Å². The molecule has 0 fully saturated rings. The molecule has 134 valence electrons. The Labute approximate surface area is 166 Å². The zero-order chi connectivity index (χ0) is 18.5. The molecule has 0 atom stereocenters. The standard InChI is InChI=1S/C21H18BrClFNO/c1-14-2-8-19(11-20(14)23)25-12-16-10-17(22)5-9-21(16)26-13-15-3-6-18(24)7-4-15/h2-11,25H,12-13H2,1H3. The highest BCUT2D eigenvalue weighted by atomic mass is 79.9. The van der Waals surface area contributed by atoms with Crippen molar-refractivity contribution in [2.75, 3.05) is 5.32 Å². The normalized spacial score (nSPS) is 10.6. The fourth-order valence-electron chi connectivity index (χ4n) is 2.47. The highest BCUT2D eigenvalue weighted by molar-refractivity contribution is 9.10. The van der Waals surface area contributed by atoms with Crippen LogP contribution in [0.4, 0.5) is 10.1 Å². The van der Waals surface area contributed by atoms with Gasteiger partial charge >= 0.3 is 0 Å². The fourth-order valence-corrected chi connectivity index (χ4v) is 3.06. The van der Waals surface area contributed by atoms with Crippen molar-refractivity contribution in [2.45, 2.75) is 20.1 Å². The number of anilines is 1. The zero-order valence-corrected chi connectivity index (χ0v) is 16.6. The summed E-state index contributed by atoms with van der Waals surface area (Å²) in [5.74, 6) is 0.530. The van der Waals surface area contributed by atoms with Crippen LogP contribution in [-0.4, -0.2) is 0 Å². The van der Waals surface area contributed by atoms with Crippen molar-refractivity contribution in [1.29, 1.82) is 0 Å². The third-order valence-electron chi connectivity index (χ3n) is 3.98. The quantitative estimate of drug-likeness (QED) is 0.464. The van der Waals surface area contributed by atoms with Crippen molar-refractivity contribution in [3.8, 4) is 5.75 Å². The number of aryl methyl sites for hydroxylation is 1. The van der Waals surface area contributed by atoms with E-state index in [-0.39, 0.29) is 5.82 Å². The van der Waals surface area contributed by atoms with Gasteiger partial charge in [0, 0.05) is 27.3 Å². The van der Waals surface area contributed by atoms with Crippen molar-refractivity contribution in [2.24, 2.45) is 0 Å². The van der Waals surface area contributed by atoms with E-state index in [1.54, 1.807) is 12.1 Å². The highest BCUT2D eigenvalue weighted by Crippen LogP contribution is 2.26. The Hall–Kier alpha value is -2.04. The number of hydrogen-bond acceptors (Lipinski definition) is 2. The molecular formula is C21H18BrClFNO. The first-order valence-electron chi connectivity index (χ1n) is 8.17. The Kier molecular flexibility index (Phi) is 6.17. The van der Waals surface area contributed by atoms with E-state index in [0.717, 1.165) is 37.6 Å². The first kappa shape index (κ1) is 18.7. The van der Waals surface area contributed by atoms with E-state index in [2.05, 4.69) is 21.2 Å². The van der Waals surface area contributed by atoms with E-state index in [1.165, 1.54) is 12.1 Å². The minimum absolute atomic E-state index is 0.251. The lowest BCUT2D eigenvalue weighted by atomic mass is 10.1. The number of nitrogens with one attached hydrogen (secondary N) is 1. The van der Waals surface area contributed by atoms with Gasteiger partial charge in [0.15, 0.2) is 0 Å². The van der Waals surface area contributed by atoms with Crippen LogP contribution in [0.3, 0.4) is 0 Å². The number of hydrogen-bond donors (Lipinski definition) is 1. The molecule has 0 heterocycles. The third kappa shape index (κ3) is 4.99. The maximum absolute atomic E-state index is 13.0. The van der Waals surface area contributed by atoms with Crippen LogP contribution in [0.2, 0.25) is 5.02 Å². The summed E-state index contributed by atoms with van der Waals surface area (Å²) < 4.78 is 19.9. The van der Waals surface area contributed by atoms with E-state index in [0.29, 0.717) is 13.2 Å². The van der Waals surface area contributed by atoms with E-state index >= 15 is 0 Å². The van der Waals surface area contributed by atoms with Crippen LogP contribution in [-0.2, 0) is 13.2 Å². The van der Waals surface area contributed by atoms with Gasteiger partial charge in [0.05, 0.1) is 0 Å². The Morgan fingerprint density at radius 1 is 1.04 bits per heavy atom. The molecule has 0 spiro atoms. The molecule has 3 aromatic rings. The average molecular weight is 435 g/mol. The summed E-state index contributed by atoms with van der Waals surface area (Å²) in [6, 6.07) is 18.1. The lowest BCUT2D eigenvalue weighted by Gasteiger charge is -2.14. The van der Waals surface area contributed by atoms with Gasteiger partial charge in [-0.3, -0.25) is 0 Å². The average Bonchev–Trinajstić information content (AvgIpc) is 2.63. The summed E-state index contributed by atoms with van der Waals surface area (Å²) in [6.07, 6.45) is 0. The molecule has 3 rings (SSSR count). The molecule has 0 saturated heterocycles. The second-order valence-corrected chi connectivity index (χ2v) is 7.31. The zero-order valence-electron chi connectivity index (χ0n) is 14.2. The lowest BCUT2D eigenvalue weighted by molar-refractivity contribution is 0.303. The summed E-state index contributed by atoms with van der Waals surface area (Å²) in [5.41, 5.74) is 3.92. The first-order valence-corrected chi connectivity index (χ1v) is 9.34. The van der Waals surface area contributed by atoms with Crippen LogP contribution in [0.15, 0.2) is 65.1 Å². The van der Waals surface area contributed by atoms with Gasteiger partial charge in [-0.1, -0.05) is 45.7 Å². The Morgan fingerprint density at radius 3 is 2.54 bits per heavy atom. The van der Waals surface area contributed by atoms with Crippen LogP contribution < -0.4 is 10.1 Å². The highest BCUT2D eigenvalue weighted by Gasteiger charge is 2.07. The van der Waals surface area contributed by atoms with Gasteiger partial charge in [0.2, 0.25) is 0 Å². The summed E-state index contributed by atoms with van der Waals surface area (Å²) >= 11 is 9.68. The number of ether oxygens (including phenoxy) is 1. The number of rotatable bonds is 6. The monoisotopic (exact) mass is 433 g/mol. The van der Waals surface area contributed by atoms with E-state index < -0.39 is 0 Å². The lowest BCUT2D eigenvalue weighted by Crippen LogP contribution is -2.04. The van der Waals surface area contributed by atoms with Gasteiger partial charge in [-0.15, -0.1) is 0 Å². The fraction of sp³-hybridized carbons (Fsp3) is 0.143. The third-order valence-corrected chi connectivity index (χ3v) is 4.89. The van der Waals surface area contributed by atoms with Crippen molar-refractivity contribution < 1.29 is 9.13 Å². The van der Waals surface area contributed by atoms with Crippen molar-refractivity contribution in [3.63, 3.8) is 0 Å².